The number of hydrogen-bond donors (Lipinski definition) is 1. The predicted molar refractivity (Wildman–Crippen MR) is 43.3 cm³/mol. The minimum Gasteiger partial charge on any atom is -0.257 e. The number of nitrogens with one attached hydrogen (secondary N) is 1. The fourth-order valence-electron chi connectivity index (χ4n) is 1.12. The monoisotopic (exact) mass is 169 g/mol. The van der Waals surface area contributed by atoms with Gasteiger partial charge in [-0.25, -0.2) is 0 Å². The maximum absolute atomic E-state index is 8.78. The standard InChI is InChI=1S/C8H3N5/c9-3-5-1-2-7-8(6(5)4-10)12-13-11-7/h1-2H,(H,11,12,13). The highest BCUT2D eigenvalue weighted by Gasteiger charge is 2.08. The molecule has 0 fully saturated rings. The molecule has 1 aromatic carbocycles. The zero-order valence-corrected chi connectivity index (χ0v) is 6.44. The van der Waals surface area contributed by atoms with E-state index in [1.54, 1.807) is 12.1 Å². The molecule has 0 saturated heterocycles. The van der Waals surface area contributed by atoms with Crippen LogP contribution in [0.25, 0.3) is 11.0 Å². The van der Waals surface area contributed by atoms with Gasteiger partial charge in [-0.15, -0.1) is 5.10 Å². The summed E-state index contributed by atoms with van der Waals surface area (Å²) in [6.45, 7) is 0. The molecule has 5 nitrogen and oxygen atoms in total. The number of benzene rings is 1. The molecule has 5 heteroatoms. The summed E-state index contributed by atoms with van der Waals surface area (Å²) in [7, 11) is 0. The van der Waals surface area contributed by atoms with Gasteiger partial charge in [0.05, 0.1) is 16.6 Å². The molecule has 0 atom stereocenters. The summed E-state index contributed by atoms with van der Waals surface area (Å²) in [5, 5.41) is 27.4. The van der Waals surface area contributed by atoms with Gasteiger partial charge in [0, 0.05) is 0 Å². The molecule has 0 aliphatic carbocycles. The van der Waals surface area contributed by atoms with Crippen molar-refractivity contribution in [2.75, 3.05) is 0 Å². The van der Waals surface area contributed by atoms with Crippen molar-refractivity contribution in [2.24, 2.45) is 0 Å². The fraction of sp³-hybridized carbons (Fsp3) is 0. The van der Waals surface area contributed by atoms with E-state index in [4.69, 9.17) is 10.5 Å². The van der Waals surface area contributed by atoms with Gasteiger partial charge >= 0.3 is 0 Å². The molecule has 2 aromatic rings. The molecule has 0 radical (unpaired) electrons. The zero-order chi connectivity index (χ0) is 9.26. The Kier molecular flexibility index (Phi) is 1.44. The summed E-state index contributed by atoms with van der Waals surface area (Å²) in [4.78, 5) is 0. The van der Waals surface area contributed by atoms with Crippen molar-refractivity contribution in [3.63, 3.8) is 0 Å². The lowest BCUT2D eigenvalue weighted by molar-refractivity contribution is 0.959. The van der Waals surface area contributed by atoms with Gasteiger partial charge in [0.25, 0.3) is 0 Å². The molecule has 0 aliphatic heterocycles. The molecule has 0 amide bonds. The van der Waals surface area contributed by atoms with Gasteiger partial charge < -0.3 is 0 Å². The minimum atomic E-state index is 0.272. The molecule has 0 spiro atoms. The number of nitrogens with zero attached hydrogens (tertiary/aromatic N) is 4. The lowest BCUT2D eigenvalue weighted by Crippen LogP contribution is -1.85. The van der Waals surface area contributed by atoms with Crippen LogP contribution in [0.4, 0.5) is 0 Å². The highest BCUT2D eigenvalue weighted by molar-refractivity contribution is 5.82. The Morgan fingerprint density at radius 2 is 2.08 bits per heavy atom. The highest BCUT2D eigenvalue weighted by atomic mass is 15.3. The van der Waals surface area contributed by atoms with E-state index in [9.17, 15) is 0 Å². The Labute approximate surface area is 73.2 Å². The normalized spacial score (nSPS) is 9.38. The van der Waals surface area contributed by atoms with Gasteiger partial charge in [-0.3, -0.25) is 5.10 Å². The molecule has 2 rings (SSSR count). The number of nitriles is 2. The van der Waals surface area contributed by atoms with Gasteiger partial charge in [0.1, 0.15) is 17.7 Å². The Morgan fingerprint density at radius 1 is 1.23 bits per heavy atom. The molecule has 0 saturated carbocycles. The molecule has 1 heterocycles. The van der Waals surface area contributed by atoms with E-state index in [1.165, 1.54) is 0 Å². The van der Waals surface area contributed by atoms with Crippen molar-refractivity contribution in [1.29, 1.82) is 10.5 Å². The number of aromatic nitrogens is 3. The summed E-state index contributed by atoms with van der Waals surface area (Å²) in [6, 6.07) is 7.10. The van der Waals surface area contributed by atoms with Gasteiger partial charge in [-0.05, 0) is 12.1 Å². The average Bonchev–Trinajstić information content (AvgIpc) is 2.63. The van der Waals surface area contributed by atoms with Crippen LogP contribution in [0.5, 0.6) is 0 Å². The first kappa shape index (κ1) is 7.26. The van der Waals surface area contributed by atoms with Crippen molar-refractivity contribution in [3.8, 4) is 12.1 Å². The van der Waals surface area contributed by atoms with Gasteiger partial charge in [0.2, 0.25) is 0 Å². The van der Waals surface area contributed by atoms with Crippen molar-refractivity contribution >= 4 is 11.0 Å². The molecule has 60 valence electrons. The van der Waals surface area contributed by atoms with Crippen LogP contribution in [0.2, 0.25) is 0 Å². The van der Waals surface area contributed by atoms with Crippen LogP contribution in [0.15, 0.2) is 12.1 Å². The van der Waals surface area contributed by atoms with E-state index in [0.717, 1.165) is 0 Å². The van der Waals surface area contributed by atoms with Crippen molar-refractivity contribution in [3.05, 3.63) is 23.3 Å². The average molecular weight is 169 g/mol. The summed E-state index contributed by atoms with van der Waals surface area (Å²) < 4.78 is 0. The molecular weight excluding hydrogens is 166 g/mol. The smallest absolute Gasteiger partial charge is 0.132 e. The van der Waals surface area contributed by atoms with Crippen molar-refractivity contribution in [1.82, 2.24) is 15.4 Å². The molecule has 0 bridgehead atoms. The summed E-state index contributed by atoms with van der Waals surface area (Å²) in [6.07, 6.45) is 0. The second-order valence-electron chi connectivity index (χ2n) is 2.42. The first-order valence-electron chi connectivity index (χ1n) is 3.51. The van der Waals surface area contributed by atoms with Crippen LogP contribution in [0, 0.1) is 22.7 Å². The summed E-state index contributed by atoms with van der Waals surface area (Å²) in [5.74, 6) is 0. The van der Waals surface area contributed by atoms with Crippen molar-refractivity contribution < 1.29 is 0 Å². The third-order valence-corrected chi connectivity index (χ3v) is 1.73. The number of fused-ring (bicyclic) bond motifs is 1. The van der Waals surface area contributed by atoms with Crippen LogP contribution < -0.4 is 0 Å². The fourth-order valence-corrected chi connectivity index (χ4v) is 1.12. The molecule has 0 aliphatic rings. The topological polar surface area (TPSA) is 89.2 Å². The Balaban J connectivity index is 2.94. The van der Waals surface area contributed by atoms with E-state index in [-0.39, 0.29) is 5.56 Å². The van der Waals surface area contributed by atoms with E-state index >= 15 is 0 Å². The Morgan fingerprint density at radius 3 is 2.77 bits per heavy atom. The van der Waals surface area contributed by atoms with Crippen LogP contribution in [0.3, 0.4) is 0 Å². The maximum Gasteiger partial charge on any atom is 0.132 e. The zero-order valence-electron chi connectivity index (χ0n) is 6.44. The largest absolute Gasteiger partial charge is 0.257 e. The van der Waals surface area contributed by atoms with Crippen LogP contribution >= 0.6 is 0 Å². The maximum atomic E-state index is 8.78. The second-order valence-corrected chi connectivity index (χ2v) is 2.42. The number of aromatic amines is 1. The molecule has 1 N–H and O–H groups in total. The summed E-state index contributed by atoms with van der Waals surface area (Å²) >= 11 is 0. The Bertz CT molecular complexity index is 540. The van der Waals surface area contributed by atoms with E-state index < -0.39 is 0 Å². The lowest BCUT2D eigenvalue weighted by Gasteiger charge is -1.92. The second kappa shape index (κ2) is 2.58. The number of H-pyrrole nitrogens is 1. The van der Waals surface area contributed by atoms with Gasteiger partial charge in [-0.1, -0.05) is 5.21 Å². The SMILES string of the molecule is N#Cc1ccc2[nH]nnc2c1C#N. The highest BCUT2D eigenvalue weighted by Crippen LogP contribution is 2.16. The van der Waals surface area contributed by atoms with E-state index in [0.29, 0.717) is 16.6 Å². The Hall–Kier alpha value is -2.40. The van der Waals surface area contributed by atoms with Gasteiger partial charge in [-0.2, -0.15) is 10.5 Å². The van der Waals surface area contributed by atoms with Crippen LogP contribution in [-0.2, 0) is 0 Å². The number of rotatable bonds is 0. The van der Waals surface area contributed by atoms with E-state index in [2.05, 4.69) is 15.4 Å². The van der Waals surface area contributed by atoms with Crippen LogP contribution in [-0.4, -0.2) is 15.4 Å². The van der Waals surface area contributed by atoms with E-state index in [1.807, 2.05) is 12.1 Å². The molecule has 13 heavy (non-hydrogen) atoms. The molecule has 0 unspecified atom stereocenters. The lowest BCUT2D eigenvalue weighted by atomic mass is 10.1. The molecular formula is C8H3N5. The van der Waals surface area contributed by atoms with Crippen LogP contribution in [0.1, 0.15) is 11.1 Å². The van der Waals surface area contributed by atoms with Gasteiger partial charge in [0.15, 0.2) is 0 Å². The van der Waals surface area contributed by atoms with Crippen molar-refractivity contribution in [2.45, 2.75) is 0 Å². The predicted octanol–water partition coefficient (Wildman–Crippen LogP) is 0.701. The third-order valence-electron chi connectivity index (χ3n) is 1.73. The third kappa shape index (κ3) is 0.916. The number of hydrogen-bond acceptors (Lipinski definition) is 4. The quantitative estimate of drug-likeness (QED) is 0.628. The first-order chi connectivity index (χ1) is 6.36. The summed E-state index contributed by atoms with van der Waals surface area (Å²) in [5.41, 5.74) is 1.70. The first-order valence-corrected chi connectivity index (χ1v) is 3.51. The minimum absolute atomic E-state index is 0.272. The molecule has 1 aromatic heterocycles.